The van der Waals surface area contributed by atoms with Gasteiger partial charge in [-0.25, -0.2) is 0 Å². The number of hydrogen-bond donors (Lipinski definition) is 2. The molecular formula is C7H13NS. The quantitative estimate of drug-likeness (QED) is 0.343. The van der Waals surface area contributed by atoms with Crippen molar-refractivity contribution >= 4 is 18.8 Å². The van der Waals surface area contributed by atoms with E-state index in [1.54, 1.807) is 0 Å². The van der Waals surface area contributed by atoms with Crippen LogP contribution in [-0.4, -0.2) is 6.21 Å². The highest BCUT2D eigenvalue weighted by Crippen LogP contribution is 2.01. The first-order chi connectivity index (χ1) is 4.31. The molecule has 0 radical (unpaired) electrons. The van der Waals surface area contributed by atoms with Gasteiger partial charge in [0.2, 0.25) is 0 Å². The van der Waals surface area contributed by atoms with E-state index in [1.807, 2.05) is 6.08 Å². The van der Waals surface area contributed by atoms with E-state index in [1.165, 1.54) is 19.1 Å². The second-order valence-electron chi connectivity index (χ2n) is 1.92. The van der Waals surface area contributed by atoms with Crippen LogP contribution in [0, 0.1) is 5.41 Å². The lowest BCUT2D eigenvalue weighted by molar-refractivity contribution is 0.815. The molecule has 0 spiro atoms. The molecule has 2 heteroatoms. The van der Waals surface area contributed by atoms with E-state index in [0.29, 0.717) is 0 Å². The fraction of sp³-hybridized carbons (Fsp3) is 0.571. The van der Waals surface area contributed by atoms with Crippen LogP contribution in [0.25, 0.3) is 0 Å². The van der Waals surface area contributed by atoms with Crippen LogP contribution in [0.15, 0.2) is 11.0 Å². The van der Waals surface area contributed by atoms with E-state index in [0.717, 1.165) is 11.3 Å². The molecule has 0 aromatic heterocycles. The van der Waals surface area contributed by atoms with Crippen molar-refractivity contribution in [2.24, 2.45) is 0 Å². The average Bonchev–Trinajstić information content (AvgIpc) is 1.89. The molecular weight excluding hydrogens is 130 g/mol. The van der Waals surface area contributed by atoms with Crippen LogP contribution in [0.4, 0.5) is 0 Å². The number of thiol groups is 1. The molecule has 0 aliphatic rings. The molecule has 0 saturated heterocycles. The summed E-state index contributed by atoms with van der Waals surface area (Å²) in [6.45, 7) is 2.15. The summed E-state index contributed by atoms with van der Waals surface area (Å²) in [5.74, 6) is 0. The number of nitrogens with one attached hydrogen (secondary N) is 1. The van der Waals surface area contributed by atoms with Crippen LogP contribution in [0.3, 0.4) is 0 Å². The van der Waals surface area contributed by atoms with Gasteiger partial charge in [0, 0.05) is 11.1 Å². The molecule has 1 N–H and O–H groups in total. The Bertz CT molecular complexity index is 107. The Labute approximate surface area is 62.1 Å². The zero-order valence-electron chi connectivity index (χ0n) is 5.72. The first-order valence-corrected chi connectivity index (χ1v) is 3.65. The third kappa shape index (κ3) is 5.63. The number of allylic oxidation sites excluding steroid dienone is 2. The summed E-state index contributed by atoms with van der Waals surface area (Å²) in [5, 5.41) is 6.77. The highest BCUT2D eigenvalue weighted by Gasteiger charge is 1.81. The van der Waals surface area contributed by atoms with Crippen molar-refractivity contribution in [3.63, 3.8) is 0 Å². The maximum atomic E-state index is 6.77. The van der Waals surface area contributed by atoms with Crippen LogP contribution in [0.2, 0.25) is 0 Å². The van der Waals surface area contributed by atoms with E-state index in [-0.39, 0.29) is 0 Å². The summed E-state index contributed by atoms with van der Waals surface area (Å²) in [7, 11) is 0. The molecule has 0 aromatic rings. The highest BCUT2D eigenvalue weighted by molar-refractivity contribution is 7.85. The van der Waals surface area contributed by atoms with Crippen molar-refractivity contribution in [1.82, 2.24) is 0 Å². The van der Waals surface area contributed by atoms with Gasteiger partial charge in [0.1, 0.15) is 0 Å². The highest BCUT2D eigenvalue weighted by atomic mass is 32.1. The summed E-state index contributed by atoms with van der Waals surface area (Å²) in [6, 6.07) is 0. The van der Waals surface area contributed by atoms with Gasteiger partial charge in [-0.15, -0.1) is 12.6 Å². The van der Waals surface area contributed by atoms with Crippen LogP contribution >= 0.6 is 12.6 Å². The van der Waals surface area contributed by atoms with Crippen molar-refractivity contribution in [3.05, 3.63) is 11.0 Å². The van der Waals surface area contributed by atoms with E-state index in [2.05, 4.69) is 19.6 Å². The maximum absolute atomic E-state index is 6.77. The van der Waals surface area contributed by atoms with Crippen LogP contribution in [0.1, 0.15) is 26.2 Å². The smallest absolute Gasteiger partial charge is 0.0308 e. The first kappa shape index (κ1) is 8.76. The van der Waals surface area contributed by atoms with Crippen LogP contribution in [0.5, 0.6) is 0 Å². The lowest BCUT2D eigenvalue weighted by Gasteiger charge is -1.88. The Morgan fingerprint density at radius 2 is 2.33 bits per heavy atom. The molecule has 0 amide bonds. The fourth-order valence-electron chi connectivity index (χ4n) is 0.513. The van der Waals surface area contributed by atoms with E-state index >= 15 is 0 Å². The second kappa shape index (κ2) is 5.89. The SMILES string of the molecule is CCCC/C=C(/S)C=N. The van der Waals surface area contributed by atoms with E-state index in [9.17, 15) is 0 Å². The van der Waals surface area contributed by atoms with Gasteiger partial charge in [-0.2, -0.15) is 0 Å². The third-order valence-electron chi connectivity index (χ3n) is 1.06. The Hall–Kier alpha value is -0.240. The van der Waals surface area contributed by atoms with Gasteiger partial charge in [0.05, 0.1) is 0 Å². The lowest BCUT2D eigenvalue weighted by Crippen LogP contribution is -1.72. The predicted octanol–water partition coefficient (Wildman–Crippen LogP) is 2.64. The molecule has 0 bridgehead atoms. The normalized spacial score (nSPS) is 11.6. The Morgan fingerprint density at radius 1 is 1.67 bits per heavy atom. The molecule has 1 nitrogen and oxygen atoms in total. The largest absolute Gasteiger partial charge is 0.308 e. The van der Waals surface area contributed by atoms with E-state index < -0.39 is 0 Å². The van der Waals surface area contributed by atoms with Crippen molar-refractivity contribution in [3.8, 4) is 0 Å². The van der Waals surface area contributed by atoms with Gasteiger partial charge < -0.3 is 5.41 Å². The minimum atomic E-state index is 0.767. The summed E-state index contributed by atoms with van der Waals surface area (Å²) in [4.78, 5) is 0.767. The monoisotopic (exact) mass is 143 g/mol. The van der Waals surface area contributed by atoms with Crippen molar-refractivity contribution in [1.29, 1.82) is 5.41 Å². The second-order valence-corrected chi connectivity index (χ2v) is 2.43. The summed E-state index contributed by atoms with van der Waals surface area (Å²) >= 11 is 4.02. The van der Waals surface area contributed by atoms with Crippen LogP contribution < -0.4 is 0 Å². The molecule has 0 saturated carbocycles. The standard InChI is InChI=1S/C7H13NS/c1-2-3-4-5-7(9)6-8/h5-6,8-9H,2-4H2,1H3/b7-5+,8-6?. The molecule has 9 heavy (non-hydrogen) atoms. The molecule has 0 fully saturated rings. The van der Waals surface area contributed by atoms with Crippen molar-refractivity contribution in [2.45, 2.75) is 26.2 Å². The van der Waals surface area contributed by atoms with Gasteiger partial charge in [-0.05, 0) is 6.42 Å². The summed E-state index contributed by atoms with van der Waals surface area (Å²) in [5.41, 5.74) is 0. The number of hydrogen-bond acceptors (Lipinski definition) is 2. The molecule has 0 aliphatic carbocycles. The predicted molar refractivity (Wildman–Crippen MR) is 45.4 cm³/mol. The maximum Gasteiger partial charge on any atom is 0.0308 e. The third-order valence-corrected chi connectivity index (χ3v) is 1.37. The Morgan fingerprint density at radius 3 is 2.78 bits per heavy atom. The van der Waals surface area contributed by atoms with Crippen molar-refractivity contribution < 1.29 is 0 Å². The molecule has 0 aliphatic heterocycles. The fourth-order valence-corrected chi connectivity index (χ4v) is 0.642. The molecule has 0 atom stereocenters. The van der Waals surface area contributed by atoms with Gasteiger partial charge in [-0.1, -0.05) is 25.8 Å². The van der Waals surface area contributed by atoms with Gasteiger partial charge >= 0.3 is 0 Å². The topological polar surface area (TPSA) is 23.9 Å². The van der Waals surface area contributed by atoms with Crippen LogP contribution in [-0.2, 0) is 0 Å². The minimum absolute atomic E-state index is 0.767. The lowest BCUT2D eigenvalue weighted by atomic mass is 10.2. The zero-order chi connectivity index (χ0) is 7.11. The van der Waals surface area contributed by atoms with E-state index in [4.69, 9.17) is 5.41 Å². The first-order valence-electron chi connectivity index (χ1n) is 3.20. The number of unbranched alkanes of at least 4 members (excludes halogenated alkanes) is 2. The van der Waals surface area contributed by atoms with Gasteiger partial charge in [0.25, 0.3) is 0 Å². The average molecular weight is 143 g/mol. The summed E-state index contributed by atoms with van der Waals surface area (Å²) < 4.78 is 0. The van der Waals surface area contributed by atoms with Gasteiger partial charge in [-0.3, -0.25) is 0 Å². The Balaban J connectivity index is 3.31. The molecule has 0 unspecified atom stereocenters. The molecule has 0 rings (SSSR count). The Kier molecular flexibility index (Phi) is 5.73. The molecule has 52 valence electrons. The molecule has 0 heterocycles. The zero-order valence-corrected chi connectivity index (χ0v) is 6.62. The van der Waals surface area contributed by atoms with Gasteiger partial charge in [0.15, 0.2) is 0 Å². The molecule has 0 aromatic carbocycles. The van der Waals surface area contributed by atoms with Crippen molar-refractivity contribution in [2.75, 3.05) is 0 Å². The summed E-state index contributed by atoms with van der Waals surface area (Å²) in [6.07, 6.45) is 6.68. The number of rotatable bonds is 4. The minimum Gasteiger partial charge on any atom is -0.308 e.